The molecule has 0 N–H and O–H groups in total. The first-order valence-electron chi connectivity index (χ1n) is 6.24. The van der Waals surface area contributed by atoms with E-state index in [0.29, 0.717) is 13.2 Å². The van der Waals surface area contributed by atoms with Crippen molar-refractivity contribution in [1.82, 2.24) is 4.90 Å². The van der Waals surface area contributed by atoms with Crippen molar-refractivity contribution in [2.24, 2.45) is 5.41 Å². The molecule has 0 aliphatic carbocycles. The average molecular weight is 247 g/mol. The number of nitrogens with zero attached hydrogens (tertiary/aromatic N) is 1. The van der Waals surface area contributed by atoms with E-state index in [2.05, 4.69) is 0 Å². The molecule has 0 aromatic heterocycles. The van der Waals surface area contributed by atoms with Crippen molar-refractivity contribution in [1.29, 1.82) is 0 Å². The van der Waals surface area contributed by atoms with Gasteiger partial charge in [-0.2, -0.15) is 0 Å². The summed E-state index contributed by atoms with van der Waals surface area (Å²) >= 11 is 0. The normalized spacial score (nSPS) is 29.4. The van der Waals surface area contributed by atoms with Gasteiger partial charge in [0, 0.05) is 6.54 Å². The zero-order valence-electron chi connectivity index (χ0n) is 10.6. The van der Waals surface area contributed by atoms with Gasteiger partial charge < -0.3 is 14.4 Å². The van der Waals surface area contributed by atoms with Crippen molar-refractivity contribution in [3.05, 3.63) is 30.3 Å². The van der Waals surface area contributed by atoms with Crippen LogP contribution in [-0.4, -0.2) is 36.3 Å². The van der Waals surface area contributed by atoms with Gasteiger partial charge in [0.1, 0.15) is 12.0 Å². The van der Waals surface area contributed by atoms with E-state index in [0.717, 1.165) is 5.75 Å². The van der Waals surface area contributed by atoms with Crippen LogP contribution in [0.15, 0.2) is 30.3 Å². The van der Waals surface area contributed by atoms with E-state index in [1.165, 1.54) is 0 Å². The molecular formula is C14H17NO3. The smallest absolute Gasteiger partial charge is 0.266 e. The summed E-state index contributed by atoms with van der Waals surface area (Å²) in [5.41, 5.74) is -0.330. The third-order valence-electron chi connectivity index (χ3n) is 3.71. The minimum atomic E-state index is -0.467. The van der Waals surface area contributed by atoms with Crippen molar-refractivity contribution in [2.75, 3.05) is 13.2 Å². The highest BCUT2D eigenvalue weighted by molar-refractivity contribution is 5.85. The molecule has 4 heteroatoms. The van der Waals surface area contributed by atoms with Crippen molar-refractivity contribution < 1.29 is 14.3 Å². The quantitative estimate of drug-likeness (QED) is 0.797. The van der Waals surface area contributed by atoms with Gasteiger partial charge in [0.25, 0.3) is 5.91 Å². The van der Waals surface area contributed by atoms with Crippen LogP contribution in [0.25, 0.3) is 0 Å². The first-order chi connectivity index (χ1) is 8.60. The van der Waals surface area contributed by atoms with E-state index in [4.69, 9.17) is 9.47 Å². The van der Waals surface area contributed by atoms with Crippen molar-refractivity contribution >= 4 is 5.91 Å². The maximum Gasteiger partial charge on any atom is 0.266 e. The molecule has 96 valence electrons. The van der Waals surface area contributed by atoms with Crippen LogP contribution in [0.1, 0.15) is 13.8 Å². The molecule has 2 heterocycles. The number of para-hydroxylation sites is 1. The summed E-state index contributed by atoms with van der Waals surface area (Å²) in [7, 11) is 0. The van der Waals surface area contributed by atoms with Gasteiger partial charge >= 0.3 is 0 Å². The summed E-state index contributed by atoms with van der Waals surface area (Å²) in [4.78, 5) is 14.1. The van der Waals surface area contributed by atoms with Crippen molar-refractivity contribution in [2.45, 2.75) is 26.2 Å². The highest BCUT2D eigenvalue weighted by Crippen LogP contribution is 2.42. The SMILES string of the molecule is CC1(C)[C@H](Oc2ccccc2)C(=O)N2CCO[C@@H]21. The molecule has 2 saturated heterocycles. The molecule has 0 spiro atoms. The van der Waals surface area contributed by atoms with Crippen LogP contribution in [0.3, 0.4) is 0 Å². The Morgan fingerprint density at radius 1 is 1.33 bits per heavy atom. The van der Waals surface area contributed by atoms with Crippen molar-refractivity contribution in [3.63, 3.8) is 0 Å². The second-order valence-corrected chi connectivity index (χ2v) is 5.39. The lowest BCUT2D eigenvalue weighted by molar-refractivity contribution is -0.134. The zero-order chi connectivity index (χ0) is 12.8. The number of ether oxygens (including phenoxy) is 2. The Balaban J connectivity index is 1.86. The second kappa shape index (κ2) is 3.99. The summed E-state index contributed by atoms with van der Waals surface area (Å²) in [6, 6.07) is 9.47. The van der Waals surface area contributed by atoms with E-state index < -0.39 is 6.10 Å². The van der Waals surface area contributed by atoms with Gasteiger partial charge in [-0.05, 0) is 12.1 Å². The topological polar surface area (TPSA) is 38.8 Å². The maximum absolute atomic E-state index is 12.3. The van der Waals surface area contributed by atoms with Crippen LogP contribution in [0.5, 0.6) is 5.75 Å². The molecule has 1 aromatic rings. The van der Waals surface area contributed by atoms with E-state index in [-0.39, 0.29) is 17.6 Å². The van der Waals surface area contributed by atoms with Crippen LogP contribution >= 0.6 is 0 Å². The van der Waals surface area contributed by atoms with E-state index >= 15 is 0 Å². The molecule has 1 aromatic carbocycles. The second-order valence-electron chi connectivity index (χ2n) is 5.39. The van der Waals surface area contributed by atoms with E-state index in [1.807, 2.05) is 44.2 Å². The lowest BCUT2D eigenvalue weighted by Crippen LogP contribution is -2.39. The fraction of sp³-hybridized carbons (Fsp3) is 0.500. The number of benzene rings is 1. The average Bonchev–Trinajstić information content (AvgIpc) is 2.91. The zero-order valence-corrected chi connectivity index (χ0v) is 10.6. The van der Waals surface area contributed by atoms with Gasteiger partial charge in [-0.3, -0.25) is 4.79 Å². The summed E-state index contributed by atoms with van der Waals surface area (Å²) in [6.45, 7) is 5.34. The lowest BCUT2D eigenvalue weighted by Gasteiger charge is -2.29. The molecule has 0 unspecified atom stereocenters. The summed E-state index contributed by atoms with van der Waals surface area (Å²) in [5.74, 6) is 0.761. The van der Waals surface area contributed by atoms with Gasteiger partial charge in [-0.25, -0.2) is 0 Å². The fourth-order valence-electron chi connectivity index (χ4n) is 2.75. The molecule has 18 heavy (non-hydrogen) atoms. The monoisotopic (exact) mass is 247 g/mol. The molecule has 2 fully saturated rings. The summed E-state index contributed by atoms with van der Waals surface area (Å²) < 4.78 is 11.5. The Hall–Kier alpha value is -1.55. The number of fused-ring (bicyclic) bond motifs is 1. The first-order valence-corrected chi connectivity index (χ1v) is 6.24. The van der Waals surface area contributed by atoms with Crippen LogP contribution in [0.2, 0.25) is 0 Å². The van der Waals surface area contributed by atoms with Gasteiger partial charge in [0.15, 0.2) is 6.10 Å². The van der Waals surface area contributed by atoms with Crippen LogP contribution in [0.4, 0.5) is 0 Å². The minimum absolute atomic E-state index is 0.0337. The number of carbonyl (C=O) groups is 1. The van der Waals surface area contributed by atoms with Crippen molar-refractivity contribution in [3.8, 4) is 5.75 Å². The van der Waals surface area contributed by atoms with Gasteiger partial charge in [-0.15, -0.1) is 0 Å². The molecular weight excluding hydrogens is 230 g/mol. The number of amides is 1. The van der Waals surface area contributed by atoms with Crippen LogP contribution in [0, 0.1) is 5.41 Å². The fourth-order valence-corrected chi connectivity index (χ4v) is 2.75. The Kier molecular flexibility index (Phi) is 2.55. The number of hydrogen-bond donors (Lipinski definition) is 0. The largest absolute Gasteiger partial charge is 0.480 e. The third-order valence-corrected chi connectivity index (χ3v) is 3.71. The highest BCUT2D eigenvalue weighted by atomic mass is 16.5. The Morgan fingerprint density at radius 2 is 2.06 bits per heavy atom. The summed E-state index contributed by atoms with van der Waals surface area (Å²) in [5, 5.41) is 0. The molecule has 1 amide bonds. The van der Waals surface area contributed by atoms with Crippen LogP contribution < -0.4 is 4.74 Å². The molecule has 0 bridgehead atoms. The lowest BCUT2D eigenvalue weighted by atomic mass is 9.87. The predicted molar refractivity (Wildman–Crippen MR) is 66.1 cm³/mol. The molecule has 2 atom stereocenters. The Labute approximate surface area is 106 Å². The number of carbonyl (C=O) groups excluding carboxylic acids is 1. The van der Waals surface area contributed by atoms with E-state index in [9.17, 15) is 4.79 Å². The third kappa shape index (κ3) is 1.60. The molecule has 2 aliphatic heterocycles. The first kappa shape index (κ1) is 11.5. The standard InChI is InChI=1S/C14H17NO3/c1-14(2)11(18-10-6-4-3-5-7-10)12(16)15-8-9-17-13(14)15/h3-7,11,13H,8-9H2,1-2H3/t11-,13-/m1/s1. The predicted octanol–water partition coefficient (Wildman–Crippen LogP) is 1.66. The van der Waals surface area contributed by atoms with Gasteiger partial charge in [0.05, 0.1) is 12.0 Å². The molecule has 2 aliphatic rings. The number of rotatable bonds is 2. The summed E-state index contributed by atoms with van der Waals surface area (Å²) in [6.07, 6.45) is -0.621. The molecule has 3 rings (SSSR count). The maximum atomic E-state index is 12.3. The van der Waals surface area contributed by atoms with Crippen LogP contribution in [-0.2, 0) is 9.53 Å². The molecule has 0 saturated carbocycles. The molecule has 4 nitrogen and oxygen atoms in total. The van der Waals surface area contributed by atoms with Gasteiger partial charge in [0.2, 0.25) is 0 Å². The van der Waals surface area contributed by atoms with E-state index in [1.54, 1.807) is 4.90 Å². The highest BCUT2D eigenvalue weighted by Gasteiger charge is 2.58. The van der Waals surface area contributed by atoms with Gasteiger partial charge in [-0.1, -0.05) is 32.0 Å². The Bertz CT molecular complexity index is 457. The molecule has 0 radical (unpaired) electrons. The number of hydrogen-bond acceptors (Lipinski definition) is 3. The Morgan fingerprint density at radius 3 is 2.72 bits per heavy atom. The minimum Gasteiger partial charge on any atom is -0.480 e.